The van der Waals surface area contributed by atoms with Gasteiger partial charge in [0.2, 0.25) is 0 Å². The Morgan fingerprint density at radius 3 is 2.58 bits per heavy atom. The van der Waals surface area contributed by atoms with Gasteiger partial charge >= 0.3 is 0 Å². The number of nitrogens with one attached hydrogen (secondary N) is 1. The van der Waals surface area contributed by atoms with Gasteiger partial charge in [0.05, 0.1) is 0 Å². The van der Waals surface area contributed by atoms with E-state index in [1.807, 2.05) is 6.07 Å². The molecule has 3 heteroatoms. The van der Waals surface area contributed by atoms with Crippen LogP contribution in [0.5, 0.6) is 11.5 Å². The number of benzene rings is 2. The second kappa shape index (κ2) is 5.76. The lowest BCUT2D eigenvalue weighted by Gasteiger charge is -2.15. The monoisotopic (exact) mass is 257 g/mol. The molecule has 1 atom stereocenters. The van der Waals surface area contributed by atoms with Crippen LogP contribution in [0.15, 0.2) is 42.5 Å². The second-order valence-electron chi connectivity index (χ2n) is 4.80. The maximum Gasteiger partial charge on any atom is 0.161 e. The van der Waals surface area contributed by atoms with E-state index < -0.39 is 0 Å². The third-order valence-corrected chi connectivity index (χ3v) is 3.24. The zero-order valence-corrected chi connectivity index (χ0v) is 11.2. The molecule has 0 saturated heterocycles. The molecule has 0 radical (unpaired) electrons. The highest BCUT2D eigenvalue weighted by molar-refractivity contribution is 5.44. The summed E-state index contributed by atoms with van der Waals surface area (Å²) in [5.74, 6) is -0.131. The molecular formula is C16H19NO2. The van der Waals surface area contributed by atoms with Crippen molar-refractivity contribution in [3.8, 4) is 11.5 Å². The first-order valence-electron chi connectivity index (χ1n) is 6.37. The van der Waals surface area contributed by atoms with Crippen molar-refractivity contribution in [3.63, 3.8) is 0 Å². The first kappa shape index (κ1) is 13.4. The van der Waals surface area contributed by atoms with Gasteiger partial charge < -0.3 is 15.5 Å². The van der Waals surface area contributed by atoms with Crippen molar-refractivity contribution in [2.75, 3.05) is 0 Å². The first-order valence-corrected chi connectivity index (χ1v) is 6.37. The topological polar surface area (TPSA) is 52.5 Å². The summed E-state index contributed by atoms with van der Waals surface area (Å²) in [6, 6.07) is 13.5. The lowest BCUT2D eigenvalue weighted by Crippen LogP contribution is -2.18. The molecule has 0 aromatic heterocycles. The quantitative estimate of drug-likeness (QED) is 0.737. The molecule has 0 bridgehead atoms. The van der Waals surface area contributed by atoms with Crippen molar-refractivity contribution in [2.45, 2.75) is 26.4 Å². The Hall–Kier alpha value is -2.00. The first-order chi connectivity index (χ1) is 9.08. The summed E-state index contributed by atoms with van der Waals surface area (Å²) in [7, 11) is 0. The molecular weight excluding hydrogens is 238 g/mol. The minimum absolute atomic E-state index is 0.0496. The molecule has 0 amide bonds. The van der Waals surface area contributed by atoms with Gasteiger partial charge in [-0.1, -0.05) is 42.0 Å². The van der Waals surface area contributed by atoms with E-state index in [2.05, 4.69) is 37.4 Å². The molecule has 0 aliphatic carbocycles. The van der Waals surface area contributed by atoms with E-state index in [1.54, 1.807) is 12.1 Å². The summed E-state index contributed by atoms with van der Waals surface area (Å²) in [5.41, 5.74) is 3.13. The number of phenolic OH excluding ortho intramolecular Hbond substituents is 2. The van der Waals surface area contributed by atoms with Crippen molar-refractivity contribution in [3.05, 3.63) is 59.2 Å². The predicted octanol–water partition coefficient (Wildman–Crippen LogP) is 3.26. The Balaban J connectivity index is 2.04. The smallest absolute Gasteiger partial charge is 0.161 e. The highest BCUT2D eigenvalue weighted by atomic mass is 16.3. The van der Waals surface area contributed by atoms with Gasteiger partial charge in [0.1, 0.15) is 0 Å². The van der Waals surface area contributed by atoms with Gasteiger partial charge in [-0.05, 0) is 25.5 Å². The van der Waals surface area contributed by atoms with Crippen LogP contribution < -0.4 is 5.32 Å². The molecule has 100 valence electrons. The predicted molar refractivity (Wildman–Crippen MR) is 76.2 cm³/mol. The van der Waals surface area contributed by atoms with E-state index in [0.717, 1.165) is 0 Å². The lowest BCUT2D eigenvalue weighted by atomic mass is 10.1. The van der Waals surface area contributed by atoms with Crippen LogP contribution in [0.4, 0.5) is 0 Å². The van der Waals surface area contributed by atoms with Gasteiger partial charge in [0, 0.05) is 18.2 Å². The van der Waals surface area contributed by atoms with Crippen molar-refractivity contribution >= 4 is 0 Å². The summed E-state index contributed by atoms with van der Waals surface area (Å²) >= 11 is 0. The van der Waals surface area contributed by atoms with E-state index in [-0.39, 0.29) is 17.5 Å². The molecule has 0 unspecified atom stereocenters. The van der Waals surface area contributed by atoms with E-state index in [4.69, 9.17) is 0 Å². The average Bonchev–Trinajstić information content (AvgIpc) is 2.40. The fourth-order valence-electron chi connectivity index (χ4n) is 2.04. The minimum atomic E-state index is -0.0810. The van der Waals surface area contributed by atoms with Crippen LogP contribution in [0.3, 0.4) is 0 Å². The molecule has 3 nitrogen and oxygen atoms in total. The van der Waals surface area contributed by atoms with Crippen LogP contribution in [0.25, 0.3) is 0 Å². The van der Waals surface area contributed by atoms with Crippen molar-refractivity contribution in [2.24, 2.45) is 0 Å². The summed E-state index contributed by atoms with van der Waals surface area (Å²) in [6.07, 6.45) is 0. The fraction of sp³-hybridized carbons (Fsp3) is 0.250. The molecule has 0 heterocycles. The number of phenols is 2. The van der Waals surface area contributed by atoms with Crippen LogP contribution in [-0.4, -0.2) is 10.2 Å². The molecule has 0 saturated carbocycles. The Labute approximate surface area is 113 Å². The minimum Gasteiger partial charge on any atom is -0.504 e. The van der Waals surface area contributed by atoms with Gasteiger partial charge in [-0.2, -0.15) is 0 Å². The summed E-state index contributed by atoms with van der Waals surface area (Å²) < 4.78 is 0. The van der Waals surface area contributed by atoms with Crippen LogP contribution in [0.2, 0.25) is 0 Å². The molecule has 0 fully saturated rings. The van der Waals surface area contributed by atoms with Gasteiger partial charge in [-0.3, -0.25) is 0 Å². The van der Waals surface area contributed by atoms with Crippen LogP contribution >= 0.6 is 0 Å². The molecule has 19 heavy (non-hydrogen) atoms. The van der Waals surface area contributed by atoms with E-state index in [9.17, 15) is 10.2 Å². The molecule has 0 spiro atoms. The second-order valence-corrected chi connectivity index (χ2v) is 4.80. The van der Waals surface area contributed by atoms with Gasteiger partial charge in [0.15, 0.2) is 11.5 Å². The maximum atomic E-state index is 9.74. The summed E-state index contributed by atoms with van der Waals surface area (Å²) in [5, 5.41) is 22.5. The van der Waals surface area contributed by atoms with Gasteiger partial charge in [-0.15, -0.1) is 0 Å². The highest BCUT2D eigenvalue weighted by Gasteiger charge is 2.08. The molecule has 3 N–H and O–H groups in total. The third-order valence-electron chi connectivity index (χ3n) is 3.24. The standard InChI is InChI=1S/C16H19NO2/c1-11-5-3-6-13(9-11)12(2)17-10-14-7-4-8-15(18)16(14)19/h3-9,12,17-19H,10H2,1-2H3/t12-/m0/s1. The Morgan fingerprint density at radius 1 is 1.11 bits per heavy atom. The zero-order chi connectivity index (χ0) is 13.8. The van der Waals surface area contributed by atoms with E-state index in [0.29, 0.717) is 12.1 Å². The number of hydrogen-bond acceptors (Lipinski definition) is 3. The average molecular weight is 257 g/mol. The highest BCUT2D eigenvalue weighted by Crippen LogP contribution is 2.28. The molecule has 0 aliphatic rings. The number of para-hydroxylation sites is 1. The summed E-state index contributed by atoms with van der Waals surface area (Å²) in [6.45, 7) is 4.65. The van der Waals surface area contributed by atoms with Gasteiger partial charge in [-0.25, -0.2) is 0 Å². The third kappa shape index (κ3) is 3.26. The van der Waals surface area contributed by atoms with E-state index in [1.165, 1.54) is 17.2 Å². The SMILES string of the molecule is Cc1cccc([C@H](C)NCc2cccc(O)c2O)c1. The summed E-state index contributed by atoms with van der Waals surface area (Å²) in [4.78, 5) is 0. The fourth-order valence-corrected chi connectivity index (χ4v) is 2.04. The Bertz CT molecular complexity index is 566. The maximum absolute atomic E-state index is 9.74. The molecule has 0 aliphatic heterocycles. The molecule has 2 aromatic rings. The number of aryl methyl sites for hydroxylation is 1. The molecule has 2 rings (SSSR count). The van der Waals surface area contributed by atoms with Gasteiger partial charge in [0.25, 0.3) is 0 Å². The zero-order valence-electron chi connectivity index (χ0n) is 11.2. The van der Waals surface area contributed by atoms with Crippen molar-refractivity contribution < 1.29 is 10.2 Å². The van der Waals surface area contributed by atoms with Crippen LogP contribution in [-0.2, 0) is 6.54 Å². The van der Waals surface area contributed by atoms with Crippen LogP contribution in [0, 0.1) is 6.92 Å². The Morgan fingerprint density at radius 2 is 1.84 bits per heavy atom. The number of hydrogen-bond donors (Lipinski definition) is 3. The van der Waals surface area contributed by atoms with E-state index >= 15 is 0 Å². The number of rotatable bonds is 4. The number of aromatic hydroxyl groups is 2. The largest absolute Gasteiger partial charge is 0.504 e. The van der Waals surface area contributed by atoms with Crippen LogP contribution in [0.1, 0.15) is 29.7 Å². The lowest BCUT2D eigenvalue weighted by molar-refractivity contribution is 0.396. The Kier molecular flexibility index (Phi) is 4.07. The van der Waals surface area contributed by atoms with Crippen molar-refractivity contribution in [1.29, 1.82) is 0 Å². The van der Waals surface area contributed by atoms with Crippen molar-refractivity contribution in [1.82, 2.24) is 5.32 Å². The normalized spacial score (nSPS) is 12.3. The molecule has 2 aromatic carbocycles.